The van der Waals surface area contributed by atoms with E-state index in [-0.39, 0.29) is 12.1 Å². The lowest BCUT2D eigenvalue weighted by molar-refractivity contribution is -0.0382. The Morgan fingerprint density at radius 2 is 2.04 bits per heavy atom. The standard InChI is InChI=1S/C21H25NO2/c1-13-10-14(2)19-18(11-13)21-17(8-5-9-24-21)20(22-19)15-6-4-7-16(12-15)23-3/h4,6-7,10-12,17,20-22H,5,8-9H2,1-3H3/t17-,20+,21-/m1/s1. The van der Waals surface area contributed by atoms with Crippen molar-refractivity contribution in [2.45, 2.75) is 38.8 Å². The Labute approximate surface area is 144 Å². The molecule has 2 aliphatic rings. The Morgan fingerprint density at radius 3 is 2.88 bits per heavy atom. The number of hydrogen-bond acceptors (Lipinski definition) is 3. The summed E-state index contributed by atoms with van der Waals surface area (Å²) < 4.78 is 11.7. The van der Waals surface area contributed by atoms with Crippen molar-refractivity contribution in [3.8, 4) is 5.75 Å². The smallest absolute Gasteiger partial charge is 0.119 e. The van der Waals surface area contributed by atoms with Crippen LogP contribution in [0.15, 0.2) is 36.4 Å². The molecule has 1 saturated heterocycles. The van der Waals surface area contributed by atoms with Crippen LogP contribution in [0.25, 0.3) is 0 Å². The second-order valence-electron chi connectivity index (χ2n) is 7.04. The highest BCUT2D eigenvalue weighted by molar-refractivity contribution is 5.63. The number of benzene rings is 2. The molecule has 0 saturated carbocycles. The monoisotopic (exact) mass is 323 g/mol. The van der Waals surface area contributed by atoms with Crippen LogP contribution < -0.4 is 10.1 Å². The van der Waals surface area contributed by atoms with E-state index in [0.717, 1.165) is 18.8 Å². The van der Waals surface area contributed by atoms with Gasteiger partial charge in [-0.15, -0.1) is 0 Å². The average molecular weight is 323 g/mol. The Balaban J connectivity index is 1.80. The van der Waals surface area contributed by atoms with Crippen molar-refractivity contribution in [3.05, 3.63) is 58.7 Å². The third-order valence-electron chi connectivity index (χ3n) is 5.37. The highest BCUT2D eigenvalue weighted by Gasteiger charge is 2.40. The van der Waals surface area contributed by atoms with Crippen LogP contribution in [0.3, 0.4) is 0 Å². The van der Waals surface area contributed by atoms with Crippen LogP contribution in [0.2, 0.25) is 0 Å². The number of nitrogens with one attached hydrogen (secondary N) is 1. The van der Waals surface area contributed by atoms with E-state index in [2.05, 4.69) is 49.5 Å². The molecule has 0 spiro atoms. The molecule has 0 bridgehead atoms. The second kappa shape index (κ2) is 6.14. The summed E-state index contributed by atoms with van der Waals surface area (Å²) in [6.45, 7) is 5.21. The topological polar surface area (TPSA) is 30.5 Å². The van der Waals surface area contributed by atoms with Gasteiger partial charge in [-0.2, -0.15) is 0 Å². The van der Waals surface area contributed by atoms with Crippen molar-refractivity contribution in [1.29, 1.82) is 0 Å². The quantitative estimate of drug-likeness (QED) is 0.848. The number of rotatable bonds is 2. The number of anilines is 1. The van der Waals surface area contributed by atoms with Gasteiger partial charge in [0.1, 0.15) is 5.75 Å². The molecule has 2 aromatic rings. The van der Waals surface area contributed by atoms with Crippen LogP contribution in [0.1, 0.15) is 47.2 Å². The van der Waals surface area contributed by atoms with Crippen LogP contribution in [-0.2, 0) is 4.74 Å². The molecule has 0 radical (unpaired) electrons. The van der Waals surface area contributed by atoms with E-state index in [4.69, 9.17) is 9.47 Å². The lowest BCUT2D eigenvalue weighted by atomic mass is 9.76. The second-order valence-corrected chi connectivity index (χ2v) is 7.04. The van der Waals surface area contributed by atoms with Gasteiger partial charge in [-0.25, -0.2) is 0 Å². The fraction of sp³-hybridized carbons (Fsp3) is 0.429. The molecule has 1 N–H and O–H groups in total. The van der Waals surface area contributed by atoms with Crippen LogP contribution in [0, 0.1) is 19.8 Å². The molecular weight excluding hydrogens is 298 g/mol. The average Bonchev–Trinajstić information content (AvgIpc) is 2.61. The highest BCUT2D eigenvalue weighted by Crippen LogP contribution is 2.50. The SMILES string of the molecule is COc1cccc([C@@H]2Nc3c(C)cc(C)cc3[C@@H]3OCCC[C@H]23)c1. The first-order chi connectivity index (χ1) is 11.7. The zero-order chi connectivity index (χ0) is 16.7. The number of aryl methyl sites for hydroxylation is 2. The third-order valence-corrected chi connectivity index (χ3v) is 5.37. The van der Waals surface area contributed by atoms with Gasteiger partial charge in [0.05, 0.1) is 19.3 Å². The molecule has 4 rings (SSSR count). The van der Waals surface area contributed by atoms with Crippen molar-refractivity contribution in [2.75, 3.05) is 19.0 Å². The summed E-state index contributed by atoms with van der Waals surface area (Å²) in [5.41, 5.74) is 6.46. The molecule has 2 heterocycles. The summed E-state index contributed by atoms with van der Waals surface area (Å²) in [5.74, 6) is 1.37. The van der Waals surface area contributed by atoms with E-state index in [1.807, 2.05) is 6.07 Å². The minimum Gasteiger partial charge on any atom is -0.497 e. The minimum atomic E-state index is 0.185. The van der Waals surface area contributed by atoms with Gasteiger partial charge in [0, 0.05) is 23.8 Å². The minimum absolute atomic E-state index is 0.185. The molecular formula is C21H25NO2. The first-order valence-electron chi connectivity index (χ1n) is 8.80. The molecule has 126 valence electrons. The maximum Gasteiger partial charge on any atom is 0.119 e. The van der Waals surface area contributed by atoms with E-state index < -0.39 is 0 Å². The van der Waals surface area contributed by atoms with Gasteiger partial charge in [0.25, 0.3) is 0 Å². The molecule has 24 heavy (non-hydrogen) atoms. The lowest BCUT2D eigenvalue weighted by Crippen LogP contribution is -2.36. The van der Waals surface area contributed by atoms with Crippen molar-refractivity contribution >= 4 is 5.69 Å². The Hall–Kier alpha value is -2.00. The molecule has 0 aliphatic carbocycles. The van der Waals surface area contributed by atoms with Crippen LogP contribution in [0.5, 0.6) is 5.75 Å². The maximum atomic E-state index is 6.26. The van der Waals surface area contributed by atoms with Crippen LogP contribution >= 0.6 is 0 Å². The first kappa shape index (κ1) is 15.5. The molecule has 0 unspecified atom stereocenters. The summed E-state index contributed by atoms with van der Waals surface area (Å²) in [6.07, 6.45) is 2.50. The number of ether oxygens (including phenoxy) is 2. The van der Waals surface area contributed by atoms with Crippen molar-refractivity contribution in [3.63, 3.8) is 0 Å². The normalized spacial score (nSPS) is 25.4. The van der Waals surface area contributed by atoms with Gasteiger partial charge < -0.3 is 14.8 Å². The van der Waals surface area contributed by atoms with Crippen molar-refractivity contribution < 1.29 is 9.47 Å². The van der Waals surface area contributed by atoms with E-state index in [1.54, 1.807) is 7.11 Å². The van der Waals surface area contributed by atoms with Gasteiger partial charge >= 0.3 is 0 Å². The largest absolute Gasteiger partial charge is 0.497 e. The van der Waals surface area contributed by atoms with E-state index >= 15 is 0 Å². The number of fused-ring (bicyclic) bond motifs is 3. The zero-order valence-electron chi connectivity index (χ0n) is 14.6. The summed E-state index contributed by atoms with van der Waals surface area (Å²) in [5, 5.41) is 3.82. The Kier molecular flexibility index (Phi) is 3.97. The highest BCUT2D eigenvalue weighted by atomic mass is 16.5. The molecule has 3 nitrogen and oxygen atoms in total. The van der Waals surface area contributed by atoms with E-state index in [1.165, 1.54) is 34.4 Å². The van der Waals surface area contributed by atoms with Gasteiger partial charge in [0.15, 0.2) is 0 Å². The molecule has 0 amide bonds. The number of hydrogen-bond donors (Lipinski definition) is 1. The predicted molar refractivity (Wildman–Crippen MR) is 96.7 cm³/mol. The molecule has 2 aromatic carbocycles. The van der Waals surface area contributed by atoms with Crippen molar-refractivity contribution in [1.82, 2.24) is 0 Å². The van der Waals surface area contributed by atoms with Gasteiger partial charge in [-0.1, -0.05) is 29.8 Å². The van der Waals surface area contributed by atoms with Gasteiger partial charge in [0.2, 0.25) is 0 Å². The molecule has 3 atom stereocenters. The van der Waals surface area contributed by atoms with E-state index in [9.17, 15) is 0 Å². The third kappa shape index (κ3) is 2.57. The van der Waals surface area contributed by atoms with Crippen LogP contribution in [0.4, 0.5) is 5.69 Å². The molecule has 1 fully saturated rings. The van der Waals surface area contributed by atoms with Crippen LogP contribution in [-0.4, -0.2) is 13.7 Å². The molecule has 0 aromatic heterocycles. The first-order valence-corrected chi connectivity index (χ1v) is 8.80. The molecule has 2 aliphatic heterocycles. The number of methoxy groups -OCH3 is 1. The Bertz CT molecular complexity index is 755. The summed E-state index contributed by atoms with van der Waals surface area (Å²) >= 11 is 0. The van der Waals surface area contributed by atoms with Crippen molar-refractivity contribution in [2.24, 2.45) is 5.92 Å². The lowest BCUT2D eigenvalue weighted by Gasteiger charge is -2.44. The summed E-state index contributed by atoms with van der Waals surface area (Å²) in [4.78, 5) is 0. The maximum absolute atomic E-state index is 6.26. The summed E-state index contributed by atoms with van der Waals surface area (Å²) in [7, 11) is 1.72. The Morgan fingerprint density at radius 1 is 1.17 bits per heavy atom. The zero-order valence-corrected chi connectivity index (χ0v) is 14.6. The molecule has 3 heteroatoms. The summed E-state index contributed by atoms with van der Waals surface area (Å²) in [6, 6.07) is 13.2. The van der Waals surface area contributed by atoms with Gasteiger partial charge in [-0.05, 0) is 49.9 Å². The fourth-order valence-corrected chi connectivity index (χ4v) is 4.32. The van der Waals surface area contributed by atoms with Gasteiger partial charge in [-0.3, -0.25) is 0 Å². The fourth-order valence-electron chi connectivity index (χ4n) is 4.32. The van der Waals surface area contributed by atoms with E-state index in [0.29, 0.717) is 5.92 Å². The predicted octanol–water partition coefficient (Wildman–Crippen LogP) is 4.95.